The number of para-hydroxylation sites is 1. The maximum Gasteiger partial charge on any atom is 0.123 e. The van der Waals surface area contributed by atoms with Crippen LogP contribution in [0.2, 0.25) is 0 Å². The van der Waals surface area contributed by atoms with Gasteiger partial charge >= 0.3 is 0 Å². The molecule has 3 aromatic rings. The Morgan fingerprint density at radius 3 is 2.58 bits per heavy atom. The van der Waals surface area contributed by atoms with Crippen molar-refractivity contribution in [2.24, 2.45) is 5.92 Å². The molecule has 1 N–H and O–H groups in total. The van der Waals surface area contributed by atoms with Crippen molar-refractivity contribution in [1.29, 1.82) is 0 Å². The molecular weight excluding hydrogens is 449 g/mol. The molecule has 1 saturated heterocycles. The maximum atomic E-state index is 13.4. The van der Waals surface area contributed by atoms with Crippen LogP contribution in [-0.2, 0) is 19.3 Å². The second-order valence-corrected chi connectivity index (χ2v) is 10.5. The topological polar surface area (TPSA) is 32.7 Å². The summed E-state index contributed by atoms with van der Waals surface area (Å²) in [6.45, 7) is 4.08. The van der Waals surface area contributed by atoms with Crippen molar-refractivity contribution < 1.29 is 14.2 Å². The first kappa shape index (κ1) is 24.8. The van der Waals surface area contributed by atoms with Crippen LogP contribution < -0.4 is 4.74 Å². The Bertz CT molecular complexity index is 1120. The number of benzene rings is 3. The first-order valence-corrected chi connectivity index (χ1v) is 13.6. The predicted octanol–water partition coefficient (Wildman–Crippen LogP) is 6.92. The van der Waals surface area contributed by atoms with E-state index < -0.39 is 0 Å². The fourth-order valence-electron chi connectivity index (χ4n) is 6.11. The SMILES string of the molecule is Oc1ccc2c(c1)CCC(CCc1ccc(F)cc1)C2Cc1ccccc1OCCN1CCCCC1. The molecule has 2 unspecified atom stereocenters. The van der Waals surface area contributed by atoms with Gasteiger partial charge in [-0.1, -0.05) is 42.8 Å². The van der Waals surface area contributed by atoms with E-state index in [0.29, 0.717) is 17.6 Å². The van der Waals surface area contributed by atoms with Gasteiger partial charge < -0.3 is 9.84 Å². The van der Waals surface area contributed by atoms with Gasteiger partial charge in [0.1, 0.15) is 23.9 Å². The van der Waals surface area contributed by atoms with Crippen molar-refractivity contribution in [3.63, 3.8) is 0 Å². The lowest BCUT2D eigenvalue weighted by Crippen LogP contribution is -2.33. The molecule has 2 atom stereocenters. The maximum absolute atomic E-state index is 13.4. The first-order valence-electron chi connectivity index (χ1n) is 13.6. The van der Waals surface area contributed by atoms with E-state index in [9.17, 15) is 9.50 Å². The lowest BCUT2D eigenvalue weighted by molar-refractivity contribution is 0.182. The minimum absolute atomic E-state index is 0.181. The van der Waals surface area contributed by atoms with Crippen LogP contribution in [0.15, 0.2) is 66.7 Å². The number of piperidine rings is 1. The molecule has 5 rings (SSSR count). The van der Waals surface area contributed by atoms with Crippen LogP contribution in [0.5, 0.6) is 11.5 Å². The number of likely N-dealkylation sites (tertiary alicyclic amines) is 1. The van der Waals surface area contributed by atoms with Crippen molar-refractivity contribution in [3.8, 4) is 11.5 Å². The molecule has 4 heteroatoms. The van der Waals surface area contributed by atoms with E-state index in [1.807, 2.05) is 24.3 Å². The quantitative estimate of drug-likeness (QED) is 0.356. The Morgan fingerprint density at radius 2 is 1.75 bits per heavy atom. The van der Waals surface area contributed by atoms with Gasteiger partial charge in [0.05, 0.1) is 0 Å². The van der Waals surface area contributed by atoms with E-state index in [2.05, 4.69) is 35.2 Å². The number of ether oxygens (including phenoxy) is 1. The molecule has 36 heavy (non-hydrogen) atoms. The molecule has 1 fully saturated rings. The Kier molecular flexibility index (Phi) is 8.22. The van der Waals surface area contributed by atoms with E-state index in [1.165, 1.54) is 54.6 Å². The largest absolute Gasteiger partial charge is 0.508 e. The number of nitrogens with zero attached hydrogens (tertiary/aromatic N) is 1. The summed E-state index contributed by atoms with van der Waals surface area (Å²) in [6.07, 6.45) is 8.97. The van der Waals surface area contributed by atoms with E-state index in [4.69, 9.17) is 4.74 Å². The van der Waals surface area contributed by atoms with E-state index in [-0.39, 0.29) is 5.82 Å². The molecule has 2 aliphatic rings. The van der Waals surface area contributed by atoms with Gasteiger partial charge in [0.15, 0.2) is 0 Å². The lowest BCUT2D eigenvalue weighted by Gasteiger charge is -2.34. The molecule has 0 radical (unpaired) electrons. The summed E-state index contributed by atoms with van der Waals surface area (Å²) in [4.78, 5) is 2.52. The van der Waals surface area contributed by atoms with Crippen molar-refractivity contribution in [1.82, 2.24) is 4.90 Å². The van der Waals surface area contributed by atoms with Crippen LogP contribution >= 0.6 is 0 Å². The van der Waals surface area contributed by atoms with E-state index in [0.717, 1.165) is 51.0 Å². The minimum Gasteiger partial charge on any atom is -0.508 e. The third-order valence-electron chi connectivity index (χ3n) is 8.12. The average molecular weight is 488 g/mol. The number of phenolic OH excluding ortho intramolecular Hbond substituents is 1. The van der Waals surface area contributed by atoms with Crippen LogP contribution in [-0.4, -0.2) is 36.2 Å². The van der Waals surface area contributed by atoms with Crippen LogP contribution in [0.3, 0.4) is 0 Å². The van der Waals surface area contributed by atoms with Gasteiger partial charge in [-0.2, -0.15) is 0 Å². The van der Waals surface area contributed by atoms with Crippen molar-refractivity contribution >= 4 is 0 Å². The molecular formula is C32H38FNO2. The van der Waals surface area contributed by atoms with Gasteiger partial charge in [-0.05, 0) is 122 Å². The zero-order valence-electron chi connectivity index (χ0n) is 21.2. The van der Waals surface area contributed by atoms with Crippen molar-refractivity contribution in [2.75, 3.05) is 26.2 Å². The number of hydrogen-bond donors (Lipinski definition) is 1. The zero-order valence-corrected chi connectivity index (χ0v) is 21.2. The van der Waals surface area contributed by atoms with Crippen molar-refractivity contribution in [2.45, 2.75) is 57.3 Å². The Hall–Kier alpha value is -2.85. The summed E-state index contributed by atoms with van der Waals surface area (Å²) in [6, 6.07) is 21.3. The van der Waals surface area contributed by atoms with Crippen molar-refractivity contribution in [3.05, 3.63) is 94.8 Å². The molecule has 0 saturated carbocycles. The normalized spacial score (nSPS) is 20.1. The smallest absolute Gasteiger partial charge is 0.123 e. The number of phenols is 1. The number of aryl methyl sites for hydroxylation is 2. The second kappa shape index (κ2) is 11.9. The van der Waals surface area contributed by atoms with Crippen LogP contribution in [0.4, 0.5) is 4.39 Å². The Labute approximate surface area is 214 Å². The summed E-state index contributed by atoms with van der Waals surface area (Å²) < 4.78 is 19.7. The minimum atomic E-state index is -0.181. The Morgan fingerprint density at radius 1 is 0.944 bits per heavy atom. The molecule has 1 aliphatic carbocycles. The summed E-state index contributed by atoms with van der Waals surface area (Å²) in [5.74, 6) is 2.05. The van der Waals surface area contributed by atoms with E-state index >= 15 is 0 Å². The van der Waals surface area contributed by atoms with E-state index in [1.54, 1.807) is 12.1 Å². The van der Waals surface area contributed by atoms with Gasteiger partial charge in [0, 0.05) is 6.54 Å². The van der Waals surface area contributed by atoms with Crippen LogP contribution in [0.25, 0.3) is 0 Å². The molecule has 3 nitrogen and oxygen atoms in total. The molecule has 3 aromatic carbocycles. The highest BCUT2D eigenvalue weighted by Crippen LogP contribution is 2.43. The fourth-order valence-corrected chi connectivity index (χ4v) is 6.11. The molecule has 0 amide bonds. The van der Waals surface area contributed by atoms with Gasteiger partial charge in [-0.25, -0.2) is 4.39 Å². The number of hydrogen-bond acceptors (Lipinski definition) is 3. The molecule has 0 aromatic heterocycles. The number of aromatic hydroxyl groups is 1. The van der Waals surface area contributed by atoms with Gasteiger partial charge in [-0.3, -0.25) is 4.90 Å². The summed E-state index contributed by atoms with van der Waals surface area (Å²) >= 11 is 0. The summed E-state index contributed by atoms with van der Waals surface area (Å²) in [7, 11) is 0. The first-order chi connectivity index (χ1) is 17.7. The highest BCUT2D eigenvalue weighted by molar-refractivity contribution is 5.42. The lowest BCUT2D eigenvalue weighted by atomic mass is 9.70. The van der Waals surface area contributed by atoms with Gasteiger partial charge in [-0.15, -0.1) is 0 Å². The highest BCUT2D eigenvalue weighted by atomic mass is 19.1. The van der Waals surface area contributed by atoms with Gasteiger partial charge in [0.2, 0.25) is 0 Å². The summed E-state index contributed by atoms with van der Waals surface area (Å²) in [5.41, 5.74) is 5.06. The third-order valence-corrected chi connectivity index (χ3v) is 8.12. The Balaban J connectivity index is 1.31. The number of rotatable bonds is 9. The fraction of sp³-hybridized carbons (Fsp3) is 0.438. The number of fused-ring (bicyclic) bond motifs is 1. The second-order valence-electron chi connectivity index (χ2n) is 10.5. The number of halogens is 1. The molecule has 0 bridgehead atoms. The average Bonchev–Trinajstić information content (AvgIpc) is 2.90. The molecule has 190 valence electrons. The molecule has 1 heterocycles. The monoisotopic (exact) mass is 487 g/mol. The van der Waals surface area contributed by atoms with Crippen LogP contribution in [0, 0.1) is 11.7 Å². The van der Waals surface area contributed by atoms with Crippen LogP contribution in [0.1, 0.15) is 60.3 Å². The predicted molar refractivity (Wildman–Crippen MR) is 143 cm³/mol. The zero-order chi connectivity index (χ0) is 24.7. The molecule has 1 aliphatic heterocycles. The highest BCUT2D eigenvalue weighted by Gasteiger charge is 2.30. The summed E-state index contributed by atoms with van der Waals surface area (Å²) in [5, 5.41) is 10.1. The standard InChI is InChI=1S/C32H38FNO2/c33-28-14-9-24(10-15-28)8-11-25-12-13-26-22-29(35)16-17-30(26)31(25)23-27-6-2-3-7-32(27)36-21-20-34-18-4-1-5-19-34/h2-3,6-7,9-10,14-17,22,25,31,35H,1,4-5,8,11-13,18-21,23H2. The third kappa shape index (κ3) is 6.28. The molecule has 0 spiro atoms. The van der Waals surface area contributed by atoms with Gasteiger partial charge in [0.25, 0.3) is 0 Å².